The van der Waals surface area contributed by atoms with Crippen molar-refractivity contribution in [1.29, 1.82) is 0 Å². The Morgan fingerprint density at radius 2 is 1.28 bits per heavy atom. The van der Waals surface area contributed by atoms with Crippen LogP contribution in [0.25, 0.3) is 22.2 Å². The van der Waals surface area contributed by atoms with Crippen LogP contribution in [0.5, 0.6) is 0 Å². The number of aromatic nitrogens is 1. The Bertz CT molecular complexity index is 2050. The number of rotatable bonds is 5. The van der Waals surface area contributed by atoms with Crippen LogP contribution in [0.3, 0.4) is 0 Å². The molecule has 1 aliphatic heterocycles. The first kappa shape index (κ1) is 29.0. The van der Waals surface area contributed by atoms with Gasteiger partial charge in [-0.25, -0.2) is 14.7 Å². The molecule has 0 spiro atoms. The molecule has 9 rings (SSSR count). The first-order chi connectivity index (χ1) is 22.6. The lowest BCUT2D eigenvalue weighted by molar-refractivity contribution is -0.129. The molecule has 4 aliphatic rings. The fourth-order valence-corrected chi connectivity index (χ4v) is 7.65. The van der Waals surface area contributed by atoms with Crippen molar-refractivity contribution in [2.24, 2.45) is 17.3 Å². The maximum Gasteiger partial charge on any atom is 0.339 e. The normalized spacial score (nSPS) is 21.0. The van der Waals surface area contributed by atoms with Gasteiger partial charge in [0.15, 0.2) is 12.4 Å². The van der Waals surface area contributed by atoms with Gasteiger partial charge in [-0.15, -0.1) is 0 Å². The summed E-state index contributed by atoms with van der Waals surface area (Å²) in [5.74, 6) is -2.56. The topological polar surface area (TPSA) is 93.6 Å². The molecule has 7 heteroatoms. The van der Waals surface area contributed by atoms with Gasteiger partial charge in [0.25, 0.3) is 0 Å². The molecule has 2 heterocycles. The maximum atomic E-state index is 14.3. The van der Waals surface area contributed by atoms with Crippen molar-refractivity contribution in [3.8, 4) is 11.3 Å². The summed E-state index contributed by atoms with van der Waals surface area (Å²) in [6.45, 7) is 5.01. The minimum absolute atomic E-state index is 0.183. The second-order valence-electron chi connectivity index (χ2n) is 13.6. The van der Waals surface area contributed by atoms with E-state index in [-0.39, 0.29) is 41.6 Å². The number of nitrogens with zero attached hydrogens (tertiary/aromatic N) is 2. The van der Waals surface area contributed by atoms with E-state index in [0.717, 1.165) is 22.3 Å². The molecule has 4 aromatic carbocycles. The SMILES string of the molecule is CC(C)(C)C(=O)COC(=O)c1cc(-c2cccc(N3C(=O)C4C5c6ccccc6C(c6ccccc65)C4C3=O)c2)nc2ccccc12. The van der Waals surface area contributed by atoms with Gasteiger partial charge in [0.1, 0.15) is 0 Å². The Balaban J connectivity index is 1.17. The van der Waals surface area contributed by atoms with Gasteiger partial charge in [0.2, 0.25) is 11.8 Å². The van der Waals surface area contributed by atoms with Crippen LogP contribution >= 0.6 is 0 Å². The molecule has 3 aliphatic carbocycles. The van der Waals surface area contributed by atoms with E-state index in [2.05, 4.69) is 24.3 Å². The molecule has 7 nitrogen and oxygen atoms in total. The minimum Gasteiger partial charge on any atom is -0.454 e. The van der Waals surface area contributed by atoms with Gasteiger partial charge in [-0.2, -0.15) is 0 Å². The van der Waals surface area contributed by atoms with Crippen molar-refractivity contribution in [1.82, 2.24) is 4.98 Å². The third-order valence-corrected chi connectivity index (χ3v) is 9.96. The number of ether oxygens (including phenoxy) is 1. The molecule has 47 heavy (non-hydrogen) atoms. The molecule has 2 amide bonds. The fraction of sp³-hybridized carbons (Fsp3) is 0.225. The molecule has 232 valence electrons. The van der Waals surface area contributed by atoms with Crippen molar-refractivity contribution >= 4 is 40.2 Å². The Morgan fingerprint density at radius 1 is 0.723 bits per heavy atom. The van der Waals surface area contributed by atoms with Crippen molar-refractivity contribution in [2.75, 3.05) is 11.5 Å². The van der Waals surface area contributed by atoms with Gasteiger partial charge < -0.3 is 4.74 Å². The van der Waals surface area contributed by atoms with Crippen LogP contribution in [0, 0.1) is 17.3 Å². The van der Waals surface area contributed by atoms with E-state index in [1.165, 1.54) is 4.90 Å². The minimum atomic E-state index is -0.640. The van der Waals surface area contributed by atoms with Crippen LogP contribution in [0.1, 0.15) is 65.2 Å². The number of para-hydroxylation sites is 1. The lowest BCUT2D eigenvalue weighted by atomic mass is 9.55. The number of esters is 1. The van der Waals surface area contributed by atoms with Gasteiger partial charge in [0.05, 0.1) is 34.3 Å². The quantitative estimate of drug-likeness (QED) is 0.154. The number of hydrogen-bond acceptors (Lipinski definition) is 6. The van der Waals surface area contributed by atoms with E-state index in [9.17, 15) is 19.2 Å². The van der Waals surface area contributed by atoms with E-state index in [0.29, 0.717) is 27.8 Å². The Kier molecular flexibility index (Phi) is 6.51. The van der Waals surface area contributed by atoms with E-state index >= 15 is 0 Å². The molecule has 0 saturated carbocycles. The summed E-state index contributed by atoms with van der Waals surface area (Å²) in [6.07, 6.45) is 0. The lowest BCUT2D eigenvalue weighted by Crippen LogP contribution is -2.41. The maximum absolute atomic E-state index is 14.3. The molecule has 5 aromatic rings. The standard InChI is InChI=1S/C40H32N2O5/c1-40(2,3)32(43)21-47-39(46)29-20-31(41-30-18-9-8-13-24(29)30)22-11-10-12-23(19-22)42-37(44)35-33-25-14-4-5-15-26(25)34(36(35)38(42)45)28-17-7-6-16-27(28)33/h4-20,33-36H,21H2,1-3H3. The summed E-state index contributed by atoms with van der Waals surface area (Å²) in [6, 6.07) is 32.5. The molecule has 0 radical (unpaired) electrons. The number of hydrogen-bond donors (Lipinski definition) is 0. The molecular formula is C40H32N2O5. The van der Waals surface area contributed by atoms with Crippen molar-refractivity contribution in [3.63, 3.8) is 0 Å². The molecule has 1 aromatic heterocycles. The van der Waals surface area contributed by atoms with Crippen LogP contribution in [0.4, 0.5) is 5.69 Å². The molecule has 1 saturated heterocycles. The molecular weight excluding hydrogens is 588 g/mol. The summed E-state index contributed by atoms with van der Waals surface area (Å²) < 4.78 is 5.47. The summed E-state index contributed by atoms with van der Waals surface area (Å²) in [7, 11) is 0. The third kappa shape index (κ3) is 4.44. The average molecular weight is 621 g/mol. The number of pyridine rings is 1. The van der Waals surface area contributed by atoms with E-state index in [4.69, 9.17) is 9.72 Å². The smallest absolute Gasteiger partial charge is 0.339 e. The summed E-state index contributed by atoms with van der Waals surface area (Å²) in [4.78, 5) is 60.6. The number of ketones is 1. The lowest BCUT2D eigenvalue weighted by Gasteiger charge is -2.45. The van der Waals surface area contributed by atoms with Gasteiger partial charge >= 0.3 is 5.97 Å². The molecule has 2 bridgehead atoms. The van der Waals surface area contributed by atoms with Crippen molar-refractivity contribution in [3.05, 3.63) is 131 Å². The largest absolute Gasteiger partial charge is 0.454 e. The van der Waals surface area contributed by atoms with E-state index in [1.807, 2.05) is 48.5 Å². The van der Waals surface area contributed by atoms with Crippen molar-refractivity contribution < 1.29 is 23.9 Å². The zero-order valence-corrected chi connectivity index (χ0v) is 26.3. The third-order valence-electron chi connectivity index (χ3n) is 9.96. The number of imide groups is 1. The summed E-state index contributed by atoms with van der Waals surface area (Å²) >= 11 is 0. The average Bonchev–Trinajstić information content (AvgIpc) is 3.35. The number of amides is 2. The van der Waals surface area contributed by atoms with Crippen LogP contribution in [-0.2, 0) is 19.1 Å². The van der Waals surface area contributed by atoms with Crippen molar-refractivity contribution in [2.45, 2.75) is 32.6 Å². The van der Waals surface area contributed by atoms with Crippen LogP contribution in [0.2, 0.25) is 0 Å². The van der Waals surface area contributed by atoms with Gasteiger partial charge in [-0.1, -0.05) is 99.6 Å². The number of carbonyl (C=O) groups is 4. The van der Waals surface area contributed by atoms with E-state index < -0.39 is 23.2 Å². The zero-order chi connectivity index (χ0) is 32.6. The highest BCUT2D eigenvalue weighted by Crippen LogP contribution is 2.61. The predicted octanol–water partition coefficient (Wildman–Crippen LogP) is 7.07. The molecule has 2 unspecified atom stereocenters. The Morgan fingerprint density at radius 3 is 1.85 bits per heavy atom. The van der Waals surface area contributed by atoms with Gasteiger partial charge in [0, 0.05) is 28.2 Å². The van der Waals surface area contributed by atoms with Crippen LogP contribution in [0.15, 0.2) is 103 Å². The first-order valence-electron chi connectivity index (χ1n) is 15.9. The molecule has 2 atom stereocenters. The highest BCUT2D eigenvalue weighted by Gasteiger charge is 2.61. The predicted molar refractivity (Wildman–Crippen MR) is 178 cm³/mol. The Labute approximate surface area is 272 Å². The zero-order valence-electron chi connectivity index (χ0n) is 26.3. The number of Topliss-reactive ketones (excluding diaryl/α,β-unsaturated/α-hetero) is 1. The number of carbonyl (C=O) groups excluding carboxylic acids is 4. The monoisotopic (exact) mass is 620 g/mol. The fourth-order valence-electron chi connectivity index (χ4n) is 7.65. The van der Waals surface area contributed by atoms with Crippen LogP contribution in [-0.4, -0.2) is 35.2 Å². The van der Waals surface area contributed by atoms with E-state index in [1.54, 1.807) is 51.1 Å². The number of fused-ring (bicyclic) bond motifs is 1. The van der Waals surface area contributed by atoms with Gasteiger partial charge in [-0.3, -0.25) is 14.4 Å². The van der Waals surface area contributed by atoms with Crippen LogP contribution < -0.4 is 4.90 Å². The Hall–Kier alpha value is -5.43. The second-order valence-corrected chi connectivity index (χ2v) is 13.6. The number of anilines is 1. The number of benzene rings is 4. The molecule has 0 N–H and O–H groups in total. The highest BCUT2D eigenvalue weighted by atomic mass is 16.5. The second kappa shape index (κ2) is 10.6. The molecule has 1 fully saturated rings. The summed E-state index contributed by atoms with van der Waals surface area (Å²) in [5, 5.41) is 0.601. The summed E-state index contributed by atoms with van der Waals surface area (Å²) in [5.41, 5.74) is 6.30. The van der Waals surface area contributed by atoms with Gasteiger partial charge in [-0.05, 0) is 46.5 Å². The first-order valence-corrected chi connectivity index (χ1v) is 15.9. The highest BCUT2D eigenvalue weighted by molar-refractivity contribution is 6.23.